The van der Waals surface area contributed by atoms with Crippen LogP contribution < -0.4 is 0 Å². The van der Waals surface area contributed by atoms with Gasteiger partial charge in [0.1, 0.15) is 13.2 Å². The van der Waals surface area contributed by atoms with E-state index in [1.165, 1.54) is 103 Å². The van der Waals surface area contributed by atoms with Gasteiger partial charge >= 0.3 is 17.9 Å². The summed E-state index contributed by atoms with van der Waals surface area (Å²) in [5.74, 6) is -0.914. The minimum absolute atomic E-state index is 0.0889. The smallest absolute Gasteiger partial charge is 0.306 e. The van der Waals surface area contributed by atoms with Gasteiger partial charge in [-0.05, 0) is 122 Å². The van der Waals surface area contributed by atoms with Crippen molar-refractivity contribution in [2.24, 2.45) is 0 Å². The molecule has 0 N–H and O–H groups in total. The molecule has 0 aromatic rings. The minimum atomic E-state index is -0.791. The molecule has 0 aliphatic carbocycles. The van der Waals surface area contributed by atoms with E-state index in [0.29, 0.717) is 19.3 Å². The fourth-order valence-corrected chi connectivity index (χ4v) is 8.18. The highest BCUT2D eigenvalue weighted by Gasteiger charge is 2.19. The number of hydrogen-bond donors (Lipinski definition) is 0. The highest BCUT2D eigenvalue weighted by atomic mass is 16.6. The number of carbonyl (C=O) groups is 3. The normalized spacial score (nSPS) is 12.9. The first-order valence-corrected chi connectivity index (χ1v) is 30.4. The highest BCUT2D eigenvalue weighted by molar-refractivity contribution is 5.71. The summed E-state index contributed by atoms with van der Waals surface area (Å²) in [7, 11) is 0. The largest absolute Gasteiger partial charge is 0.462 e. The van der Waals surface area contributed by atoms with Crippen LogP contribution in [0.5, 0.6) is 0 Å². The quantitative estimate of drug-likeness (QED) is 0.0261. The molecule has 0 saturated heterocycles. The number of unbranched alkanes of at least 4 members (excludes halogenated alkanes) is 25. The lowest BCUT2D eigenvalue weighted by Crippen LogP contribution is -2.30. The van der Waals surface area contributed by atoms with Crippen LogP contribution in [0.1, 0.15) is 278 Å². The molecular weight excluding hydrogens is 901 g/mol. The first kappa shape index (κ1) is 69.1. The summed E-state index contributed by atoms with van der Waals surface area (Å²) in [5, 5.41) is 0. The molecule has 416 valence electrons. The Morgan fingerprint density at radius 1 is 0.288 bits per heavy atom. The van der Waals surface area contributed by atoms with Crippen molar-refractivity contribution in [1.82, 2.24) is 0 Å². The Bertz CT molecular complexity index is 1490. The zero-order valence-corrected chi connectivity index (χ0v) is 47.6. The van der Waals surface area contributed by atoms with Crippen molar-refractivity contribution in [3.05, 3.63) is 109 Å². The van der Waals surface area contributed by atoms with Gasteiger partial charge in [0.25, 0.3) is 0 Å². The van der Waals surface area contributed by atoms with Crippen molar-refractivity contribution in [3.63, 3.8) is 0 Å². The molecular formula is C67H112O6. The standard InChI is InChI=1S/C67H112O6/c1-4-7-10-13-16-19-22-25-26-27-28-29-30-31-32-33-34-35-36-37-38-39-40-43-45-48-51-54-57-60-66(69)72-63-64(73-67(70)61-58-55-52-49-46-42-24-21-18-15-12-9-6-3)62-71-65(68)59-56-53-50-47-44-41-23-20-17-14-11-8-5-2/h7,10,12,15-16,19-21,23-26,28-29,31-32,34-35,64H,4-6,8-9,11,13-14,17-18,22,27,30,33,36-63H2,1-3H3/b10-7-,15-12-,19-16-,23-20-,24-21-,26-25-,29-28-,32-31-,35-34-. The topological polar surface area (TPSA) is 78.9 Å². The Kier molecular flexibility index (Phi) is 57.4. The molecule has 6 nitrogen and oxygen atoms in total. The second-order valence-electron chi connectivity index (χ2n) is 19.9. The molecule has 0 aromatic carbocycles. The van der Waals surface area contributed by atoms with Gasteiger partial charge in [-0.25, -0.2) is 0 Å². The average molecular weight is 1010 g/mol. The molecule has 1 unspecified atom stereocenters. The van der Waals surface area contributed by atoms with Gasteiger partial charge in [0, 0.05) is 19.3 Å². The second kappa shape index (κ2) is 60.6. The number of carbonyl (C=O) groups excluding carboxylic acids is 3. The van der Waals surface area contributed by atoms with Gasteiger partial charge in [-0.3, -0.25) is 14.4 Å². The molecule has 1 atom stereocenters. The molecule has 0 amide bonds. The van der Waals surface area contributed by atoms with Gasteiger partial charge in [-0.1, -0.05) is 246 Å². The van der Waals surface area contributed by atoms with E-state index < -0.39 is 6.10 Å². The zero-order valence-electron chi connectivity index (χ0n) is 47.6. The molecule has 0 heterocycles. The predicted molar refractivity (Wildman–Crippen MR) is 316 cm³/mol. The van der Waals surface area contributed by atoms with Crippen molar-refractivity contribution in [3.8, 4) is 0 Å². The molecule has 0 aromatic heterocycles. The lowest BCUT2D eigenvalue weighted by atomic mass is 10.1. The van der Waals surface area contributed by atoms with Crippen molar-refractivity contribution in [1.29, 1.82) is 0 Å². The number of rotatable bonds is 54. The van der Waals surface area contributed by atoms with Crippen LogP contribution in [-0.2, 0) is 28.6 Å². The van der Waals surface area contributed by atoms with E-state index in [0.717, 1.165) is 135 Å². The summed E-state index contributed by atoms with van der Waals surface area (Å²) in [6.45, 7) is 6.43. The van der Waals surface area contributed by atoms with Crippen molar-refractivity contribution in [2.45, 2.75) is 284 Å². The van der Waals surface area contributed by atoms with Crippen molar-refractivity contribution < 1.29 is 28.6 Å². The van der Waals surface area contributed by atoms with Crippen LogP contribution >= 0.6 is 0 Å². The number of ether oxygens (including phenoxy) is 3. The van der Waals surface area contributed by atoms with Crippen molar-refractivity contribution in [2.75, 3.05) is 13.2 Å². The van der Waals surface area contributed by atoms with Gasteiger partial charge in [0.2, 0.25) is 0 Å². The van der Waals surface area contributed by atoms with E-state index in [9.17, 15) is 14.4 Å². The van der Waals surface area contributed by atoms with E-state index in [2.05, 4.69) is 130 Å². The first-order chi connectivity index (χ1) is 36.0. The fraction of sp³-hybridized carbons (Fsp3) is 0.687. The Morgan fingerprint density at radius 2 is 0.562 bits per heavy atom. The van der Waals surface area contributed by atoms with Crippen LogP contribution in [0.15, 0.2) is 109 Å². The molecule has 0 spiro atoms. The molecule has 0 fully saturated rings. The number of hydrogen-bond acceptors (Lipinski definition) is 6. The van der Waals surface area contributed by atoms with Crippen LogP contribution in [0.2, 0.25) is 0 Å². The predicted octanol–water partition coefficient (Wildman–Crippen LogP) is 20.7. The van der Waals surface area contributed by atoms with Gasteiger partial charge in [0.15, 0.2) is 6.10 Å². The second-order valence-corrected chi connectivity index (χ2v) is 19.9. The molecule has 0 aliphatic heterocycles. The summed E-state index contributed by atoms with van der Waals surface area (Å²) >= 11 is 0. The van der Waals surface area contributed by atoms with E-state index >= 15 is 0 Å². The van der Waals surface area contributed by atoms with Crippen LogP contribution in [0.3, 0.4) is 0 Å². The number of esters is 3. The van der Waals surface area contributed by atoms with Gasteiger partial charge in [-0.2, -0.15) is 0 Å². The van der Waals surface area contributed by atoms with Crippen LogP contribution in [0, 0.1) is 0 Å². The van der Waals surface area contributed by atoms with E-state index in [-0.39, 0.29) is 31.1 Å². The summed E-state index contributed by atoms with van der Waals surface area (Å²) in [6, 6.07) is 0. The number of allylic oxidation sites excluding steroid dienone is 18. The third-order valence-corrected chi connectivity index (χ3v) is 12.7. The van der Waals surface area contributed by atoms with Crippen LogP contribution in [-0.4, -0.2) is 37.2 Å². The third kappa shape index (κ3) is 58.8. The maximum absolute atomic E-state index is 12.8. The van der Waals surface area contributed by atoms with E-state index in [4.69, 9.17) is 14.2 Å². The van der Waals surface area contributed by atoms with Crippen molar-refractivity contribution >= 4 is 17.9 Å². The van der Waals surface area contributed by atoms with Gasteiger partial charge in [0.05, 0.1) is 0 Å². The Hall–Kier alpha value is -3.93. The summed E-state index contributed by atoms with van der Waals surface area (Å²) < 4.78 is 16.8. The molecule has 0 aliphatic rings. The minimum Gasteiger partial charge on any atom is -0.462 e. The maximum atomic E-state index is 12.8. The van der Waals surface area contributed by atoms with Gasteiger partial charge in [-0.15, -0.1) is 0 Å². The molecule has 0 saturated carbocycles. The SMILES string of the molecule is CC/C=C\C/C=C\C/C=C\C/C=C\C/C=C\C/C=C\CCCCCCCCCCCCC(=O)OCC(COC(=O)CCCCCCC/C=C\CCCCCC)OC(=O)CCCCCCC/C=C\C/C=C\CCC. The zero-order chi connectivity index (χ0) is 52.9. The van der Waals surface area contributed by atoms with Crippen LogP contribution in [0.25, 0.3) is 0 Å². The molecule has 73 heavy (non-hydrogen) atoms. The monoisotopic (exact) mass is 1010 g/mol. The highest BCUT2D eigenvalue weighted by Crippen LogP contribution is 2.15. The maximum Gasteiger partial charge on any atom is 0.306 e. The van der Waals surface area contributed by atoms with Gasteiger partial charge < -0.3 is 14.2 Å². The first-order valence-electron chi connectivity index (χ1n) is 30.4. The van der Waals surface area contributed by atoms with E-state index in [1.54, 1.807) is 0 Å². The Balaban J connectivity index is 4.26. The average Bonchev–Trinajstić information content (AvgIpc) is 3.39. The lowest BCUT2D eigenvalue weighted by Gasteiger charge is -2.18. The Morgan fingerprint density at radius 3 is 0.904 bits per heavy atom. The lowest BCUT2D eigenvalue weighted by molar-refractivity contribution is -0.167. The van der Waals surface area contributed by atoms with Crippen LogP contribution in [0.4, 0.5) is 0 Å². The summed E-state index contributed by atoms with van der Waals surface area (Å²) in [5.41, 5.74) is 0. The Labute approximate surface area is 450 Å². The molecule has 0 bridgehead atoms. The molecule has 6 heteroatoms. The molecule has 0 rings (SSSR count). The van der Waals surface area contributed by atoms with E-state index in [1.807, 2.05) is 0 Å². The summed E-state index contributed by atoms with van der Waals surface area (Å²) in [4.78, 5) is 38.2. The fourth-order valence-electron chi connectivity index (χ4n) is 8.18. The molecule has 0 radical (unpaired) electrons. The third-order valence-electron chi connectivity index (χ3n) is 12.7. The summed E-state index contributed by atoms with van der Waals surface area (Å²) in [6.07, 6.45) is 82.3.